The Bertz CT molecular complexity index is 1070. The molecule has 3 rings (SSSR count). The second-order valence-electron chi connectivity index (χ2n) is 6.22. The Morgan fingerprint density at radius 2 is 2.00 bits per heavy atom. The quantitative estimate of drug-likeness (QED) is 0.621. The molecule has 0 aliphatic carbocycles. The van der Waals surface area contributed by atoms with Crippen molar-refractivity contribution in [3.05, 3.63) is 52.1 Å². The van der Waals surface area contributed by atoms with Crippen LogP contribution in [0.3, 0.4) is 0 Å². The topological polar surface area (TPSA) is 116 Å². The molecule has 0 bridgehead atoms. The summed E-state index contributed by atoms with van der Waals surface area (Å²) in [6, 6.07) is 8.23. The van der Waals surface area contributed by atoms with E-state index in [4.69, 9.17) is 9.26 Å². The van der Waals surface area contributed by atoms with Crippen LogP contribution in [0.15, 0.2) is 39.6 Å². The molecule has 0 spiro atoms. The lowest BCUT2D eigenvalue weighted by Gasteiger charge is -2.10. The summed E-state index contributed by atoms with van der Waals surface area (Å²) in [4.78, 5) is 37.0. The van der Waals surface area contributed by atoms with E-state index in [-0.39, 0.29) is 17.1 Å². The molecule has 2 heterocycles. The Morgan fingerprint density at radius 3 is 2.68 bits per heavy atom. The fourth-order valence-electron chi connectivity index (χ4n) is 2.65. The second-order valence-corrected chi connectivity index (χ2v) is 6.22. The maximum atomic E-state index is 12.5. The third kappa shape index (κ3) is 4.25. The van der Waals surface area contributed by atoms with E-state index >= 15 is 0 Å². The normalized spacial score (nSPS) is 10.8. The van der Waals surface area contributed by atoms with Crippen LogP contribution in [0.25, 0.3) is 10.8 Å². The van der Waals surface area contributed by atoms with Crippen LogP contribution in [0, 0.1) is 6.92 Å². The van der Waals surface area contributed by atoms with Crippen LogP contribution in [0.1, 0.15) is 36.0 Å². The number of amides is 1. The monoisotopic (exact) mass is 384 g/mol. The number of aromatic nitrogens is 3. The van der Waals surface area contributed by atoms with Crippen LogP contribution in [0.4, 0.5) is 5.82 Å². The van der Waals surface area contributed by atoms with Crippen molar-refractivity contribution in [2.45, 2.75) is 33.2 Å². The highest BCUT2D eigenvalue weighted by atomic mass is 16.5. The summed E-state index contributed by atoms with van der Waals surface area (Å²) in [6.07, 6.45) is 1.63. The van der Waals surface area contributed by atoms with Crippen LogP contribution < -0.4 is 10.9 Å². The van der Waals surface area contributed by atoms with Crippen molar-refractivity contribution in [3.8, 4) is 0 Å². The molecule has 0 atom stereocenters. The summed E-state index contributed by atoms with van der Waals surface area (Å²) in [7, 11) is 0. The Hall–Kier alpha value is -3.49. The number of aryl methyl sites for hydroxylation is 2. The minimum atomic E-state index is -0.784. The van der Waals surface area contributed by atoms with Gasteiger partial charge in [0.1, 0.15) is 5.76 Å². The maximum Gasteiger partial charge on any atom is 0.359 e. The van der Waals surface area contributed by atoms with Gasteiger partial charge in [-0.25, -0.2) is 9.48 Å². The van der Waals surface area contributed by atoms with E-state index in [2.05, 4.69) is 15.6 Å². The van der Waals surface area contributed by atoms with Gasteiger partial charge in [-0.3, -0.25) is 9.59 Å². The summed E-state index contributed by atoms with van der Waals surface area (Å²) in [5.41, 5.74) is -0.267. The third-order valence-corrected chi connectivity index (χ3v) is 4.01. The smallest absolute Gasteiger partial charge is 0.359 e. The lowest BCUT2D eigenvalue weighted by atomic mass is 10.1. The fraction of sp³-hybridized carbons (Fsp3) is 0.316. The average molecular weight is 384 g/mol. The minimum absolute atomic E-state index is 0.00335. The SMILES string of the molecule is CCCCn1nc(C(=O)OCC(=O)Nc2cc(C)on2)c2ccccc2c1=O. The first kappa shape index (κ1) is 19.3. The summed E-state index contributed by atoms with van der Waals surface area (Å²) in [5.74, 6) is -0.578. The molecule has 9 heteroatoms. The highest BCUT2D eigenvalue weighted by molar-refractivity contribution is 6.03. The zero-order valence-electron chi connectivity index (χ0n) is 15.6. The molecule has 0 radical (unpaired) electrons. The van der Waals surface area contributed by atoms with Crippen molar-refractivity contribution >= 4 is 28.5 Å². The highest BCUT2D eigenvalue weighted by Crippen LogP contribution is 2.15. The van der Waals surface area contributed by atoms with Crippen LogP contribution >= 0.6 is 0 Å². The van der Waals surface area contributed by atoms with E-state index in [9.17, 15) is 14.4 Å². The Morgan fingerprint density at radius 1 is 1.25 bits per heavy atom. The number of fused-ring (bicyclic) bond motifs is 1. The van der Waals surface area contributed by atoms with Crippen molar-refractivity contribution in [3.63, 3.8) is 0 Å². The van der Waals surface area contributed by atoms with E-state index in [0.29, 0.717) is 23.1 Å². The average Bonchev–Trinajstić information content (AvgIpc) is 3.10. The molecular formula is C19H20N4O5. The van der Waals surface area contributed by atoms with Gasteiger partial charge in [0, 0.05) is 18.0 Å². The summed E-state index contributed by atoms with van der Waals surface area (Å²) >= 11 is 0. The number of hydrogen-bond acceptors (Lipinski definition) is 7. The van der Waals surface area contributed by atoms with Gasteiger partial charge in [0.15, 0.2) is 18.1 Å². The number of esters is 1. The number of rotatable bonds is 7. The molecule has 0 saturated carbocycles. The Kier molecular flexibility index (Phi) is 5.83. The van der Waals surface area contributed by atoms with Gasteiger partial charge in [0.2, 0.25) is 0 Å². The second kappa shape index (κ2) is 8.47. The number of anilines is 1. The van der Waals surface area contributed by atoms with Crippen molar-refractivity contribution in [2.75, 3.05) is 11.9 Å². The molecule has 1 N–H and O–H groups in total. The van der Waals surface area contributed by atoms with E-state index in [1.54, 1.807) is 37.3 Å². The molecule has 1 amide bonds. The van der Waals surface area contributed by atoms with E-state index in [1.165, 1.54) is 4.68 Å². The molecule has 0 aliphatic rings. The molecule has 1 aromatic carbocycles. The maximum absolute atomic E-state index is 12.5. The van der Waals surface area contributed by atoms with Gasteiger partial charge in [0.25, 0.3) is 11.5 Å². The number of carbonyl (C=O) groups is 2. The van der Waals surface area contributed by atoms with Crippen molar-refractivity contribution in [1.29, 1.82) is 0 Å². The number of benzene rings is 1. The molecule has 28 heavy (non-hydrogen) atoms. The van der Waals surface area contributed by atoms with Crippen LogP contribution in [0.5, 0.6) is 0 Å². The lowest BCUT2D eigenvalue weighted by molar-refractivity contribution is -0.119. The van der Waals surface area contributed by atoms with Gasteiger partial charge < -0.3 is 14.6 Å². The predicted molar refractivity (Wildman–Crippen MR) is 101 cm³/mol. The number of unbranched alkanes of at least 4 members (excludes halogenated alkanes) is 1. The predicted octanol–water partition coefficient (Wildman–Crippen LogP) is 2.29. The molecule has 3 aromatic rings. The minimum Gasteiger partial charge on any atom is -0.451 e. The zero-order valence-corrected chi connectivity index (χ0v) is 15.6. The van der Waals surface area contributed by atoms with Crippen LogP contribution in [0.2, 0.25) is 0 Å². The number of nitrogens with one attached hydrogen (secondary N) is 1. The molecule has 146 valence electrons. The molecule has 2 aromatic heterocycles. The lowest BCUT2D eigenvalue weighted by Crippen LogP contribution is -2.27. The standard InChI is InChI=1S/C19H20N4O5/c1-3-4-9-23-18(25)14-8-6-5-7-13(14)17(21-23)19(26)27-11-16(24)20-15-10-12(2)28-22-15/h5-8,10H,3-4,9,11H2,1-2H3,(H,20,22,24). The van der Waals surface area contributed by atoms with Gasteiger partial charge in [-0.1, -0.05) is 36.7 Å². The van der Waals surface area contributed by atoms with E-state index in [1.807, 2.05) is 6.92 Å². The largest absolute Gasteiger partial charge is 0.451 e. The Labute approximate surface area is 160 Å². The summed E-state index contributed by atoms with van der Waals surface area (Å²) in [6.45, 7) is 3.56. The molecule has 0 saturated heterocycles. The number of nitrogens with zero attached hydrogens (tertiary/aromatic N) is 3. The first-order chi connectivity index (χ1) is 13.5. The van der Waals surface area contributed by atoms with Crippen LogP contribution in [-0.2, 0) is 16.1 Å². The van der Waals surface area contributed by atoms with Gasteiger partial charge in [0.05, 0.1) is 5.39 Å². The molecular weight excluding hydrogens is 364 g/mol. The number of hydrogen-bond donors (Lipinski definition) is 1. The van der Waals surface area contributed by atoms with E-state index < -0.39 is 18.5 Å². The fourth-order valence-corrected chi connectivity index (χ4v) is 2.65. The molecule has 0 aliphatic heterocycles. The van der Waals surface area contributed by atoms with Crippen LogP contribution in [-0.4, -0.2) is 33.4 Å². The van der Waals surface area contributed by atoms with Gasteiger partial charge in [-0.05, 0) is 19.4 Å². The van der Waals surface area contributed by atoms with Crippen molar-refractivity contribution < 1.29 is 18.8 Å². The molecule has 9 nitrogen and oxygen atoms in total. The first-order valence-electron chi connectivity index (χ1n) is 8.89. The Balaban J connectivity index is 1.79. The highest BCUT2D eigenvalue weighted by Gasteiger charge is 2.19. The van der Waals surface area contributed by atoms with Gasteiger partial charge in [-0.2, -0.15) is 5.10 Å². The van der Waals surface area contributed by atoms with Gasteiger partial charge in [-0.15, -0.1) is 0 Å². The first-order valence-corrected chi connectivity index (χ1v) is 8.89. The van der Waals surface area contributed by atoms with Gasteiger partial charge >= 0.3 is 5.97 Å². The summed E-state index contributed by atoms with van der Waals surface area (Å²) < 4.78 is 11.2. The number of carbonyl (C=O) groups excluding carboxylic acids is 2. The molecule has 0 fully saturated rings. The summed E-state index contributed by atoms with van der Waals surface area (Å²) in [5, 5.41) is 11.0. The number of ether oxygens (including phenoxy) is 1. The van der Waals surface area contributed by atoms with Crippen molar-refractivity contribution in [2.24, 2.45) is 0 Å². The molecule has 0 unspecified atom stereocenters. The third-order valence-electron chi connectivity index (χ3n) is 4.01. The van der Waals surface area contributed by atoms with E-state index in [0.717, 1.165) is 12.8 Å². The van der Waals surface area contributed by atoms with Crippen molar-refractivity contribution in [1.82, 2.24) is 14.9 Å². The zero-order chi connectivity index (χ0) is 20.1.